The average molecular weight is 362 g/mol. The van der Waals surface area contributed by atoms with Crippen LogP contribution in [0.5, 0.6) is 0 Å². The van der Waals surface area contributed by atoms with E-state index in [4.69, 9.17) is 0 Å². The molecule has 0 unspecified atom stereocenters. The third-order valence-corrected chi connectivity index (χ3v) is 3.39. The summed E-state index contributed by atoms with van der Waals surface area (Å²) in [5.41, 5.74) is 0.0351. The normalized spacial score (nSPS) is 11.5. The standard InChI is InChI=1S/C13H11BrF3N3O/c1-6-11(7(2)20-19-6)18-12(21)9-4-3-8(14)5-10(9)13(15,16)17/h3-5H,1-2H3,(H,18,21)(H,19,20). The smallest absolute Gasteiger partial charge is 0.319 e. The Morgan fingerprint density at radius 1 is 1.33 bits per heavy atom. The van der Waals surface area contributed by atoms with E-state index in [1.807, 2.05) is 0 Å². The van der Waals surface area contributed by atoms with E-state index in [-0.39, 0.29) is 4.47 Å². The van der Waals surface area contributed by atoms with Gasteiger partial charge in [0.15, 0.2) is 0 Å². The number of benzene rings is 1. The van der Waals surface area contributed by atoms with Crippen molar-refractivity contribution in [2.24, 2.45) is 0 Å². The summed E-state index contributed by atoms with van der Waals surface area (Å²) in [6, 6.07) is 3.40. The van der Waals surface area contributed by atoms with Crippen LogP contribution in [0.1, 0.15) is 27.3 Å². The number of anilines is 1. The summed E-state index contributed by atoms with van der Waals surface area (Å²) in [5.74, 6) is -0.831. The largest absolute Gasteiger partial charge is 0.417 e. The predicted molar refractivity (Wildman–Crippen MR) is 75.2 cm³/mol. The van der Waals surface area contributed by atoms with Crippen molar-refractivity contribution in [3.63, 3.8) is 0 Å². The third-order valence-electron chi connectivity index (χ3n) is 2.90. The lowest BCUT2D eigenvalue weighted by Gasteiger charge is -2.13. The van der Waals surface area contributed by atoms with Crippen molar-refractivity contribution in [1.29, 1.82) is 0 Å². The lowest BCUT2D eigenvalue weighted by Crippen LogP contribution is -2.19. The summed E-state index contributed by atoms with van der Waals surface area (Å²) < 4.78 is 39.3. The summed E-state index contributed by atoms with van der Waals surface area (Å²) in [7, 11) is 0. The minimum absolute atomic E-state index is 0.252. The fourth-order valence-corrected chi connectivity index (χ4v) is 2.23. The van der Waals surface area contributed by atoms with Crippen LogP contribution in [-0.4, -0.2) is 16.1 Å². The van der Waals surface area contributed by atoms with Gasteiger partial charge in [0, 0.05) is 4.47 Å². The molecule has 0 bridgehead atoms. The van der Waals surface area contributed by atoms with Crippen LogP contribution in [0.25, 0.3) is 0 Å². The molecule has 0 saturated heterocycles. The van der Waals surface area contributed by atoms with Gasteiger partial charge in [-0.15, -0.1) is 0 Å². The lowest BCUT2D eigenvalue weighted by molar-refractivity contribution is -0.137. The molecular weight excluding hydrogens is 351 g/mol. The molecule has 0 spiro atoms. The topological polar surface area (TPSA) is 57.8 Å². The van der Waals surface area contributed by atoms with E-state index < -0.39 is 23.2 Å². The highest BCUT2D eigenvalue weighted by Gasteiger charge is 2.35. The molecule has 2 aromatic rings. The zero-order chi connectivity index (χ0) is 15.8. The van der Waals surface area contributed by atoms with E-state index in [1.165, 1.54) is 6.07 Å². The summed E-state index contributed by atoms with van der Waals surface area (Å²) in [6.07, 6.45) is -4.61. The van der Waals surface area contributed by atoms with Crippen LogP contribution in [0.2, 0.25) is 0 Å². The molecule has 0 fully saturated rings. The van der Waals surface area contributed by atoms with E-state index in [1.54, 1.807) is 13.8 Å². The molecule has 1 aromatic carbocycles. The van der Waals surface area contributed by atoms with Gasteiger partial charge in [-0.05, 0) is 32.0 Å². The van der Waals surface area contributed by atoms with Crippen molar-refractivity contribution >= 4 is 27.5 Å². The molecule has 4 nitrogen and oxygen atoms in total. The maximum atomic E-state index is 13.0. The van der Waals surface area contributed by atoms with Crippen LogP contribution in [0.15, 0.2) is 22.7 Å². The Hall–Kier alpha value is -1.83. The Morgan fingerprint density at radius 3 is 2.52 bits per heavy atom. The molecule has 8 heteroatoms. The van der Waals surface area contributed by atoms with Crippen LogP contribution in [0.4, 0.5) is 18.9 Å². The van der Waals surface area contributed by atoms with Gasteiger partial charge < -0.3 is 5.32 Å². The quantitative estimate of drug-likeness (QED) is 0.847. The highest BCUT2D eigenvalue weighted by atomic mass is 79.9. The number of carbonyl (C=O) groups excluding carboxylic acids is 1. The number of H-pyrrole nitrogens is 1. The first-order chi connectivity index (χ1) is 9.70. The van der Waals surface area contributed by atoms with Crippen molar-refractivity contribution < 1.29 is 18.0 Å². The van der Waals surface area contributed by atoms with Gasteiger partial charge in [-0.2, -0.15) is 18.3 Å². The van der Waals surface area contributed by atoms with Gasteiger partial charge in [-0.1, -0.05) is 15.9 Å². The van der Waals surface area contributed by atoms with Crippen molar-refractivity contribution in [3.05, 3.63) is 45.2 Å². The maximum Gasteiger partial charge on any atom is 0.417 e. The van der Waals surface area contributed by atoms with Crippen LogP contribution >= 0.6 is 15.9 Å². The molecule has 0 atom stereocenters. The Bertz CT molecular complexity index is 675. The Kier molecular flexibility index (Phi) is 4.08. The molecule has 1 amide bonds. The van der Waals surface area contributed by atoms with E-state index >= 15 is 0 Å². The van der Waals surface area contributed by atoms with Gasteiger partial charge in [-0.3, -0.25) is 9.89 Å². The summed E-state index contributed by atoms with van der Waals surface area (Å²) in [6.45, 7) is 3.31. The minimum atomic E-state index is -4.61. The SMILES string of the molecule is Cc1n[nH]c(C)c1NC(=O)c1ccc(Br)cc1C(F)(F)F. The second-order valence-electron chi connectivity index (χ2n) is 4.45. The summed E-state index contributed by atoms with van der Waals surface area (Å²) in [5, 5.41) is 8.99. The van der Waals surface area contributed by atoms with Crippen molar-refractivity contribution in [2.45, 2.75) is 20.0 Å². The number of nitrogens with one attached hydrogen (secondary N) is 2. The van der Waals surface area contributed by atoms with Crippen molar-refractivity contribution in [1.82, 2.24) is 10.2 Å². The number of rotatable bonds is 2. The molecule has 0 saturated carbocycles. The maximum absolute atomic E-state index is 13.0. The van der Waals surface area contributed by atoms with Gasteiger partial charge in [0.2, 0.25) is 0 Å². The molecular formula is C13H11BrF3N3O. The number of alkyl halides is 3. The Morgan fingerprint density at radius 2 is 2.00 bits per heavy atom. The van der Waals surface area contributed by atoms with Crippen LogP contribution in [0, 0.1) is 13.8 Å². The van der Waals surface area contributed by atoms with E-state index in [0.29, 0.717) is 17.1 Å². The molecule has 1 heterocycles. The third kappa shape index (κ3) is 3.26. The van der Waals surface area contributed by atoms with Crippen LogP contribution in [-0.2, 0) is 6.18 Å². The van der Waals surface area contributed by atoms with Crippen molar-refractivity contribution in [3.8, 4) is 0 Å². The van der Waals surface area contributed by atoms with E-state index in [0.717, 1.165) is 12.1 Å². The van der Waals surface area contributed by atoms with Gasteiger partial charge in [0.05, 0.1) is 28.2 Å². The number of hydrogen-bond acceptors (Lipinski definition) is 2. The summed E-state index contributed by atoms with van der Waals surface area (Å²) in [4.78, 5) is 12.1. The molecule has 2 N–H and O–H groups in total. The Balaban J connectivity index is 2.40. The molecule has 0 aliphatic carbocycles. The first-order valence-corrected chi connectivity index (χ1v) is 6.69. The number of aryl methyl sites for hydroxylation is 2. The number of nitrogens with zero attached hydrogens (tertiary/aromatic N) is 1. The number of amides is 1. The molecule has 0 aliphatic rings. The van der Waals surface area contributed by atoms with Gasteiger partial charge >= 0.3 is 6.18 Å². The number of carbonyl (C=O) groups is 1. The predicted octanol–water partition coefficient (Wildman–Crippen LogP) is 4.06. The molecule has 2 rings (SSSR count). The fraction of sp³-hybridized carbons (Fsp3) is 0.231. The number of aromatic amines is 1. The summed E-state index contributed by atoms with van der Waals surface area (Å²) >= 11 is 2.98. The highest BCUT2D eigenvalue weighted by molar-refractivity contribution is 9.10. The number of aromatic nitrogens is 2. The Labute approximate surface area is 126 Å². The lowest BCUT2D eigenvalue weighted by atomic mass is 10.1. The van der Waals surface area contributed by atoms with Gasteiger partial charge in [0.1, 0.15) is 0 Å². The van der Waals surface area contributed by atoms with Crippen LogP contribution in [0.3, 0.4) is 0 Å². The second kappa shape index (κ2) is 5.51. The molecule has 21 heavy (non-hydrogen) atoms. The van der Waals surface area contributed by atoms with Gasteiger partial charge in [-0.25, -0.2) is 0 Å². The number of hydrogen-bond donors (Lipinski definition) is 2. The molecule has 1 aromatic heterocycles. The van der Waals surface area contributed by atoms with Crippen molar-refractivity contribution in [2.75, 3.05) is 5.32 Å². The number of halogens is 4. The first-order valence-electron chi connectivity index (χ1n) is 5.90. The monoisotopic (exact) mass is 361 g/mol. The minimum Gasteiger partial charge on any atom is -0.319 e. The zero-order valence-corrected chi connectivity index (χ0v) is 12.7. The molecule has 0 aliphatic heterocycles. The fourth-order valence-electron chi connectivity index (χ4n) is 1.86. The molecule has 112 valence electrons. The first kappa shape index (κ1) is 15.6. The van der Waals surface area contributed by atoms with E-state index in [9.17, 15) is 18.0 Å². The average Bonchev–Trinajstić information content (AvgIpc) is 2.69. The zero-order valence-electron chi connectivity index (χ0n) is 11.1. The van der Waals surface area contributed by atoms with E-state index in [2.05, 4.69) is 31.4 Å². The van der Waals surface area contributed by atoms with Crippen LogP contribution < -0.4 is 5.32 Å². The highest BCUT2D eigenvalue weighted by Crippen LogP contribution is 2.34. The second-order valence-corrected chi connectivity index (χ2v) is 5.37. The molecule has 0 radical (unpaired) electrons. The van der Waals surface area contributed by atoms with Gasteiger partial charge in [0.25, 0.3) is 5.91 Å².